The number of thioether (sulfide) groups is 1. The molecule has 0 fully saturated rings. The first-order chi connectivity index (χ1) is 12.4. The molecule has 2 aromatic carbocycles. The second-order valence-electron chi connectivity index (χ2n) is 5.23. The maximum atomic E-state index is 12.6. The van der Waals surface area contributed by atoms with E-state index in [2.05, 4.69) is 5.32 Å². The molecule has 0 aliphatic heterocycles. The van der Waals surface area contributed by atoms with E-state index in [-0.39, 0.29) is 28.8 Å². The van der Waals surface area contributed by atoms with Crippen molar-refractivity contribution in [3.05, 3.63) is 64.7 Å². The molecule has 0 saturated heterocycles. The molecule has 0 saturated carbocycles. The molecular formula is C18H16ClF2NO3S. The third-order valence-corrected chi connectivity index (χ3v) is 4.54. The molecule has 2 rings (SSSR count). The van der Waals surface area contributed by atoms with E-state index >= 15 is 0 Å². The van der Waals surface area contributed by atoms with Gasteiger partial charge in [0.2, 0.25) is 0 Å². The van der Waals surface area contributed by atoms with Crippen molar-refractivity contribution in [1.29, 1.82) is 0 Å². The lowest BCUT2D eigenvalue weighted by Gasteiger charge is -2.15. The van der Waals surface area contributed by atoms with Gasteiger partial charge in [0.25, 0.3) is 11.7 Å². The largest absolute Gasteiger partial charge is 0.449 e. The third-order valence-electron chi connectivity index (χ3n) is 3.39. The highest BCUT2D eigenvalue weighted by molar-refractivity contribution is 7.99. The summed E-state index contributed by atoms with van der Waals surface area (Å²) in [6, 6.07) is 12.9. The van der Waals surface area contributed by atoms with Crippen molar-refractivity contribution in [2.24, 2.45) is 0 Å². The zero-order chi connectivity index (χ0) is 19.1. The summed E-state index contributed by atoms with van der Waals surface area (Å²) in [6.45, 7) is 1.58. The van der Waals surface area contributed by atoms with Crippen LogP contribution in [0.5, 0.6) is 0 Å². The number of hydrogen-bond acceptors (Lipinski definition) is 4. The normalized spacial score (nSPS) is 11.9. The zero-order valence-corrected chi connectivity index (χ0v) is 15.3. The van der Waals surface area contributed by atoms with E-state index in [0.29, 0.717) is 5.02 Å². The van der Waals surface area contributed by atoms with Gasteiger partial charge in [-0.15, -0.1) is 0 Å². The molecule has 0 radical (unpaired) electrons. The highest BCUT2D eigenvalue weighted by Crippen LogP contribution is 2.29. The summed E-state index contributed by atoms with van der Waals surface area (Å²) in [5, 5.41) is 3.13. The van der Waals surface area contributed by atoms with Crippen LogP contribution in [0.1, 0.15) is 22.8 Å². The molecule has 1 N–H and O–H groups in total. The SMILES string of the molecule is C[C@H](OC(=O)c1ccccc1SC(F)F)C(=O)NCc1ccccc1Cl. The number of carbonyl (C=O) groups is 2. The Morgan fingerprint density at radius 1 is 1.15 bits per heavy atom. The number of alkyl halides is 2. The lowest BCUT2D eigenvalue weighted by molar-refractivity contribution is -0.129. The fourth-order valence-electron chi connectivity index (χ4n) is 2.08. The standard InChI is InChI=1S/C18H16ClF2NO3S/c1-11(16(23)22-10-12-6-2-4-8-14(12)19)25-17(24)13-7-3-5-9-15(13)26-18(20)21/h2-9,11,18H,10H2,1H3,(H,22,23)/t11-/m0/s1. The van der Waals surface area contributed by atoms with Gasteiger partial charge in [-0.25, -0.2) is 4.79 Å². The van der Waals surface area contributed by atoms with Crippen LogP contribution in [0.4, 0.5) is 8.78 Å². The topological polar surface area (TPSA) is 55.4 Å². The number of hydrogen-bond donors (Lipinski definition) is 1. The van der Waals surface area contributed by atoms with Crippen LogP contribution in [0, 0.1) is 0 Å². The number of esters is 1. The van der Waals surface area contributed by atoms with Crippen molar-refractivity contribution in [2.45, 2.75) is 30.2 Å². The monoisotopic (exact) mass is 399 g/mol. The van der Waals surface area contributed by atoms with Crippen molar-refractivity contribution in [1.82, 2.24) is 5.32 Å². The van der Waals surface area contributed by atoms with Gasteiger partial charge in [0.1, 0.15) is 0 Å². The Kier molecular flexibility index (Phi) is 7.41. The summed E-state index contributed by atoms with van der Waals surface area (Å²) >= 11 is 6.26. The lowest BCUT2D eigenvalue weighted by Crippen LogP contribution is -2.35. The summed E-state index contributed by atoms with van der Waals surface area (Å²) in [7, 11) is 0. The van der Waals surface area contributed by atoms with Gasteiger partial charge in [0.05, 0.1) is 5.56 Å². The third kappa shape index (κ3) is 5.71. The number of rotatable bonds is 7. The van der Waals surface area contributed by atoms with Gasteiger partial charge in [0.15, 0.2) is 6.10 Å². The van der Waals surface area contributed by atoms with E-state index in [9.17, 15) is 18.4 Å². The average Bonchev–Trinajstić information content (AvgIpc) is 2.60. The first-order valence-corrected chi connectivity index (χ1v) is 8.90. The van der Waals surface area contributed by atoms with Gasteiger partial charge >= 0.3 is 5.97 Å². The second-order valence-corrected chi connectivity index (χ2v) is 6.67. The highest BCUT2D eigenvalue weighted by Gasteiger charge is 2.22. The summed E-state index contributed by atoms with van der Waals surface area (Å²) in [6.07, 6.45) is -1.09. The molecule has 0 aromatic heterocycles. The van der Waals surface area contributed by atoms with Crippen LogP contribution in [0.2, 0.25) is 5.02 Å². The van der Waals surface area contributed by atoms with Crippen molar-refractivity contribution in [3.63, 3.8) is 0 Å². The smallest absolute Gasteiger partial charge is 0.340 e. The summed E-state index contributed by atoms with van der Waals surface area (Å²) < 4.78 is 30.3. The van der Waals surface area contributed by atoms with Crippen LogP contribution in [0.3, 0.4) is 0 Å². The Balaban J connectivity index is 1.96. The molecular weight excluding hydrogens is 384 g/mol. The number of ether oxygens (including phenoxy) is 1. The number of carbonyl (C=O) groups excluding carboxylic acids is 2. The lowest BCUT2D eigenvalue weighted by atomic mass is 10.2. The average molecular weight is 400 g/mol. The number of halogens is 3. The summed E-state index contributed by atoms with van der Waals surface area (Å²) in [5.41, 5.74) is 0.711. The molecule has 0 unspecified atom stereocenters. The summed E-state index contributed by atoms with van der Waals surface area (Å²) in [4.78, 5) is 24.4. The fraction of sp³-hybridized carbons (Fsp3) is 0.222. The van der Waals surface area contributed by atoms with Crippen molar-refractivity contribution in [2.75, 3.05) is 0 Å². The van der Waals surface area contributed by atoms with E-state index in [1.165, 1.54) is 25.1 Å². The van der Waals surface area contributed by atoms with Crippen LogP contribution >= 0.6 is 23.4 Å². The maximum absolute atomic E-state index is 12.6. The van der Waals surface area contributed by atoms with Gasteiger partial charge in [-0.3, -0.25) is 4.79 Å². The first kappa shape index (κ1) is 20.2. The molecule has 26 heavy (non-hydrogen) atoms. The second kappa shape index (κ2) is 9.54. The Bertz CT molecular complexity index is 789. The first-order valence-electron chi connectivity index (χ1n) is 7.64. The van der Waals surface area contributed by atoms with Gasteiger partial charge < -0.3 is 10.1 Å². The van der Waals surface area contributed by atoms with Crippen LogP contribution in [-0.4, -0.2) is 23.7 Å². The molecule has 0 aliphatic rings. The van der Waals surface area contributed by atoms with Crippen LogP contribution in [0.25, 0.3) is 0 Å². The fourth-order valence-corrected chi connectivity index (χ4v) is 2.91. The molecule has 0 spiro atoms. The predicted octanol–water partition coefficient (Wildman–Crippen LogP) is 4.52. The van der Waals surface area contributed by atoms with Crippen LogP contribution in [0.15, 0.2) is 53.4 Å². The van der Waals surface area contributed by atoms with Crippen molar-refractivity contribution in [3.8, 4) is 0 Å². The van der Waals surface area contributed by atoms with E-state index in [0.717, 1.165) is 5.56 Å². The van der Waals surface area contributed by atoms with E-state index in [1.807, 2.05) is 0 Å². The van der Waals surface area contributed by atoms with Gasteiger partial charge in [-0.1, -0.05) is 53.7 Å². The van der Waals surface area contributed by atoms with E-state index in [1.54, 1.807) is 30.3 Å². The number of benzene rings is 2. The number of amides is 1. The molecule has 0 aliphatic carbocycles. The Morgan fingerprint density at radius 2 is 1.81 bits per heavy atom. The quantitative estimate of drug-likeness (QED) is 0.549. The Hall–Kier alpha value is -2.12. The molecule has 0 heterocycles. The minimum absolute atomic E-state index is 0.0106. The maximum Gasteiger partial charge on any atom is 0.340 e. The Labute approximate surface area is 158 Å². The van der Waals surface area contributed by atoms with Gasteiger partial charge in [0, 0.05) is 16.5 Å². The van der Waals surface area contributed by atoms with E-state index in [4.69, 9.17) is 16.3 Å². The minimum atomic E-state index is -2.67. The number of nitrogens with one attached hydrogen (secondary N) is 1. The highest BCUT2D eigenvalue weighted by atomic mass is 35.5. The molecule has 138 valence electrons. The molecule has 1 atom stereocenters. The zero-order valence-electron chi connectivity index (χ0n) is 13.7. The molecule has 1 amide bonds. The Morgan fingerprint density at radius 3 is 2.50 bits per heavy atom. The van der Waals surface area contributed by atoms with Gasteiger partial charge in [-0.2, -0.15) is 8.78 Å². The van der Waals surface area contributed by atoms with Crippen LogP contribution in [-0.2, 0) is 16.1 Å². The molecule has 2 aromatic rings. The predicted molar refractivity (Wildman–Crippen MR) is 96.5 cm³/mol. The van der Waals surface area contributed by atoms with Crippen molar-refractivity contribution >= 4 is 35.2 Å². The molecule has 8 heteroatoms. The molecule has 0 bridgehead atoms. The van der Waals surface area contributed by atoms with Crippen LogP contribution < -0.4 is 5.32 Å². The van der Waals surface area contributed by atoms with E-state index < -0.39 is 23.7 Å². The minimum Gasteiger partial charge on any atom is -0.449 e. The molecule has 4 nitrogen and oxygen atoms in total. The van der Waals surface area contributed by atoms with Gasteiger partial charge in [-0.05, 0) is 30.7 Å². The van der Waals surface area contributed by atoms with Crippen molar-refractivity contribution < 1.29 is 23.1 Å². The summed E-state index contributed by atoms with van der Waals surface area (Å²) in [5.74, 6) is -4.02.